The molecule has 6 rings (SSSR count). The first kappa shape index (κ1) is 20.7. The van der Waals surface area contributed by atoms with Gasteiger partial charge in [-0.25, -0.2) is 9.97 Å². The minimum Gasteiger partial charge on any atom is -0.438 e. The van der Waals surface area contributed by atoms with Gasteiger partial charge in [-0.3, -0.25) is 9.59 Å². The van der Waals surface area contributed by atoms with E-state index in [4.69, 9.17) is 4.42 Å². The molecule has 0 bridgehead atoms. The first-order chi connectivity index (χ1) is 17.2. The monoisotopic (exact) mass is 469 g/mol. The van der Waals surface area contributed by atoms with Crippen molar-refractivity contribution in [3.63, 3.8) is 0 Å². The van der Waals surface area contributed by atoms with E-state index in [2.05, 4.69) is 30.8 Å². The van der Waals surface area contributed by atoms with Gasteiger partial charge < -0.3 is 19.5 Å². The van der Waals surface area contributed by atoms with Gasteiger partial charge in [0.15, 0.2) is 12.2 Å². The Morgan fingerprint density at radius 2 is 1.66 bits per heavy atom. The van der Waals surface area contributed by atoms with Crippen LogP contribution in [0.5, 0.6) is 0 Å². The van der Waals surface area contributed by atoms with Crippen molar-refractivity contribution in [3.8, 4) is 0 Å². The lowest BCUT2D eigenvalue weighted by atomic mass is 10.1. The van der Waals surface area contributed by atoms with Crippen molar-refractivity contribution >= 4 is 40.0 Å². The standard InChI is InChI=1S/C23H19N9O3/c33-22(30-9-11-31(12-10-30)23(34)19-13-24-14-35-19)15-5-7-16(8-6-15)25-20-21-27-28-29-32(21)18-4-2-1-3-17(18)26-20/h1-8,13-14H,9-12H2,(H,25,26). The van der Waals surface area contributed by atoms with Crippen LogP contribution in [0.2, 0.25) is 0 Å². The molecule has 0 aliphatic carbocycles. The highest BCUT2D eigenvalue weighted by atomic mass is 16.3. The molecule has 0 saturated carbocycles. The molecule has 3 aromatic heterocycles. The van der Waals surface area contributed by atoms with E-state index < -0.39 is 0 Å². The Kier molecular flexibility index (Phi) is 5.02. The molecule has 2 amide bonds. The number of hydrogen-bond acceptors (Lipinski definition) is 9. The van der Waals surface area contributed by atoms with Gasteiger partial charge in [-0.05, 0) is 46.8 Å². The summed E-state index contributed by atoms with van der Waals surface area (Å²) in [6.45, 7) is 1.75. The van der Waals surface area contributed by atoms with Gasteiger partial charge in [-0.1, -0.05) is 12.1 Å². The molecular formula is C23H19N9O3. The number of benzene rings is 2. The summed E-state index contributed by atoms with van der Waals surface area (Å²) in [5, 5.41) is 15.2. The number of hydrogen-bond donors (Lipinski definition) is 1. The van der Waals surface area contributed by atoms with Crippen LogP contribution >= 0.6 is 0 Å². The summed E-state index contributed by atoms with van der Waals surface area (Å²) in [6, 6.07) is 14.8. The molecule has 174 valence electrons. The molecule has 2 aromatic carbocycles. The van der Waals surface area contributed by atoms with E-state index in [1.165, 1.54) is 12.6 Å². The van der Waals surface area contributed by atoms with Crippen LogP contribution < -0.4 is 5.32 Å². The lowest BCUT2D eigenvalue weighted by molar-refractivity contribution is 0.0518. The molecule has 1 aliphatic rings. The molecule has 1 N–H and O–H groups in total. The maximum atomic E-state index is 13.0. The number of tetrazole rings is 1. The lowest BCUT2D eigenvalue weighted by Crippen LogP contribution is -2.50. The summed E-state index contributed by atoms with van der Waals surface area (Å²) in [6.07, 6.45) is 2.63. The van der Waals surface area contributed by atoms with Gasteiger partial charge in [-0.2, -0.15) is 4.52 Å². The van der Waals surface area contributed by atoms with Crippen molar-refractivity contribution in [2.75, 3.05) is 31.5 Å². The Morgan fingerprint density at radius 3 is 2.40 bits per heavy atom. The van der Waals surface area contributed by atoms with Gasteiger partial charge in [0, 0.05) is 37.4 Å². The molecule has 0 unspecified atom stereocenters. The molecule has 1 aliphatic heterocycles. The van der Waals surface area contributed by atoms with Crippen LogP contribution in [0.3, 0.4) is 0 Å². The molecular weight excluding hydrogens is 450 g/mol. The molecule has 1 saturated heterocycles. The van der Waals surface area contributed by atoms with E-state index in [1.807, 2.05) is 36.4 Å². The Bertz CT molecular complexity index is 1520. The molecule has 4 heterocycles. The van der Waals surface area contributed by atoms with Crippen molar-refractivity contribution in [2.45, 2.75) is 0 Å². The van der Waals surface area contributed by atoms with Crippen LogP contribution in [0.1, 0.15) is 20.9 Å². The average Bonchev–Trinajstić information content (AvgIpc) is 3.62. The van der Waals surface area contributed by atoms with Gasteiger partial charge >= 0.3 is 0 Å². The van der Waals surface area contributed by atoms with Crippen molar-refractivity contribution < 1.29 is 14.0 Å². The highest BCUT2D eigenvalue weighted by Gasteiger charge is 2.27. The van der Waals surface area contributed by atoms with Crippen molar-refractivity contribution in [3.05, 3.63) is 72.4 Å². The predicted molar refractivity (Wildman–Crippen MR) is 124 cm³/mol. The van der Waals surface area contributed by atoms with Crippen LogP contribution in [-0.4, -0.2) is 77.8 Å². The number of para-hydroxylation sites is 2. The fraction of sp³-hybridized carbons (Fsp3) is 0.174. The number of nitrogens with one attached hydrogen (secondary N) is 1. The second-order valence-electron chi connectivity index (χ2n) is 8.02. The second-order valence-corrected chi connectivity index (χ2v) is 8.02. The van der Waals surface area contributed by atoms with E-state index in [1.54, 1.807) is 26.4 Å². The van der Waals surface area contributed by atoms with Crippen LogP contribution in [0.25, 0.3) is 16.7 Å². The summed E-state index contributed by atoms with van der Waals surface area (Å²) in [5.41, 5.74) is 3.37. The molecule has 0 radical (unpaired) electrons. The number of fused-ring (bicyclic) bond motifs is 3. The van der Waals surface area contributed by atoms with Crippen molar-refractivity contribution in [1.29, 1.82) is 0 Å². The largest absolute Gasteiger partial charge is 0.438 e. The zero-order valence-electron chi connectivity index (χ0n) is 18.4. The summed E-state index contributed by atoms with van der Waals surface area (Å²) in [4.78, 5) is 37.2. The Hall–Kier alpha value is -4.87. The van der Waals surface area contributed by atoms with E-state index in [0.29, 0.717) is 43.2 Å². The molecule has 0 spiro atoms. The molecule has 5 aromatic rings. The SMILES string of the molecule is O=C(c1ccc(Nc2nc3ccccc3n3nnnc23)cc1)N1CCN(C(=O)c2cnco2)CC1. The zero-order valence-corrected chi connectivity index (χ0v) is 18.4. The van der Waals surface area contributed by atoms with Crippen LogP contribution in [0, 0.1) is 0 Å². The third kappa shape index (κ3) is 3.80. The number of oxazole rings is 1. The van der Waals surface area contributed by atoms with Gasteiger partial charge in [0.2, 0.25) is 11.4 Å². The highest BCUT2D eigenvalue weighted by Crippen LogP contribution is 2.23. The minimum absolute atomic E-state index is 0.0869. The number of nitrogens with zero attached hydrogens (tertiary/aromatic N) is 8. The Labute approximate surface area is 198 Å². The van der Waals surface area contributed by atoms with Crippen LogP contribution in [0.15, 0.2) is 65.5 Å². The number of carbonyl (C=O) groups is 2. The fourth-order valence-electron chi connectivity index (χ4n) is 4.09. The maximum Gasteiger partial charge on any atom is 0.291 e. The van der Waals surface area contributed by atoms with Gasteiger partial charge in [-0.15, -0.1) is 5.10 Å². The summed E-state index contributed by atoms with van der Waals surface area (Å²) in [7, 11) is 0. The normalized spacial score (nSPS) is 13.9. The van der Waals surface area contributed by atoms with Gasteiger partial charge in [0.1, 0.15) is 0 Å². The van der Waals surface area contributed by atoms with Gasteiger partial charge in [0.05, 0.1) is 17.2 Å². The van der Waals surface area contributed by atoms with E-state index >= 15 is 0 Å². The van der Waals surface area contributed by atoms with Crippen LogP contribution in [-0.2, 0) is 0 Å². The van der Waals surface area contributed by atoms with Crippen LogP contribution in [0.4, 0.5) is 11.5 Å². The quantitative estimate of drug-likeness (QED) is 0.419. The molecule has 12 heteroatoms. The number of rotatable bonds is 4. The first-order valence-electron chi connectivity index (χ1n) is 11.0. The maximum absolute atomic E-state index is 13.0. The second kappa shape index (κ2) is 8.48. The number of anilines is 2. The van der Waals surface area contributed by atoms with Crippen molar-refractivity contribution in [1.82, 2.24) is 39.8 Å². The number of amides is 2. The fourth-order valence-corrected chi connectivity index (χ4v) is 4.09. The summed E-state index contributed by atoms with van der Waals surface area (Å²) < 4.78 is 6.71. The third-order valence-corrected chi connectivity index (χ3v) is 5.92. The highest BCUT2D eigenvalue weighted by molar-refractivity contribution is 5.95. The molecule has 1 fully saturated rings. The topological polar surface area (TPSA) is 135 Å². The van der Waals surface area contributed by atoms with E-state index in [9.17, 15) is 9.59 Å². The Balaban J connectivity index is 1.14. The predicted octanol–water partition coefficient (Wildman–Crippen LogP) is 2.00. The summed E-state index contributed by atoms with van der Waals surface area (Å²) in [5.74, 6) is 0.411. The number of aromatic nitrogens is 6. The van der Waals surface area contributed by atoms with Crippen molar-refractivity contribution in [2.24, 2.45) is 0 Å². The lowest BCUT2D eigenvalue weighted by Gasteiger charge is -2.34. The average molecular weight is 469 g/mol. The first-order valence-corrected chi connectivity index (χ1v) is 11.0. The van der Waals surface area contributed by atoms with E-state index in [0.717, 1.165) is 16.7 Å². The molecule has 0 atom stereocenters. The van der Waals surface area contributed by atoms with Gasteiger partial charge in [0.25, 0.3) is 11.8 Å². The minimum atomic E-state index is -0.218. The smallest absolute Gasteiger partial charge is 0.291 e. The summed E-state index contributed by atoms with van der Waals surface area (Å²) >= 11 is 0. The Morgan fingerprint density at radius 1 is 0.914 bits per heavy atom. The molecule has 35 heavy (non-hydrogen) atoms. The third-order valence-electron chi connectivity index (χ3n) is 5.92. The van der Waals surface area contributed by atoms with E-state index in [-0.39, 0.29) is 17.6 Å². The molecule has 12 nitrogen and oxygen atoms in total. The number of carbonyl (C=O) groups excluding carboxylic acids is 2. The number of piperazine rings is 1. The zero-order chi connectivity index (χ0) is 23.8.